The van der Waals surface area contributed by atoms with Gasteiger partial charge in [-0.1, -0.05) is 19.3 Å². The summed E-state index contributed by atoms with van der Waals surface area (Å²) in [5.74, 6) is 1.64. The van der Waals surface area contributed by atoms with E-state index in [0.29, 0.717) is 31.2 Å². The fourth-order valence-electron chi connectivity index (χ4n) is 3.77. The number of fused-ring (bicyclic) bond motifs is 1. The fourth-order valence-corrected chi connectivity index (χ4v) is 4.69. The van der Waals surface area contributed by atoms with Gasteiger partial charge in [0, 0.05) is 23.9 Å². The summed E-state index contributed by atoms with van der Waals surface area (Å²) in [6.45, 7) is 2.00. The first-order valence-corrected chi connectivity index (χ1v) is 11.1. The van der Waals surface area contributed by atoms with Gasteiger partial charge in [0.25, 0.3) is 5.91 Å². The van der Waals surface area contributed by atoms with E-state index in [2.05, 4.69) is 10.6 Å². The van der Waals surface area contributed by atoms with Crippen molar-refractivity contribution in [3.63, 3.8) is 0 Å². The van der Waals surface area contributed by atoms with Crippen molar-refractivity contribution >= 4 is 23.2 Å². The molecule has 154 valence electrons. The quantitative estimate of drug-likeness (QED) is 0.708. The maximum atomic E-state index is 12.4. The smallest absolute Gasteiger partial charge is 0.261 e. The summed E-state index contributed by atoms with van der Waals surface area (Å²) in [6.07, 6.45) is 5.47. The standard InChI is InChI=1S/C22H26N2O4S/c25-21(15-4-2-1-3-5-15)23-10-11-24-22(26)20-9-8-19(29-20)16-6-7-17-18(14-16)28-13-12-27-17/h6-9,14-15H,1-5,10-13H2,(H,23,25)(H,24,26). The Balaban J connectivity index is 1.27. The van der Waals surface area contributed by atoms with Crippen LogP contribution in [0.5, 0.6) is 11.5 Å². The van der Waals surface area contributed by atoms with Crippen molar-refractivity contribution < 1.29 is 19.1 Å². The van der Waals surface area contributed by atoms with Crippen molar-refractivity contribution in [2.24, 2.45) is 5.92 Å². The number of thiophene rings is 1. The molecule has 4 rings (SSSR count). The van der Waals surface area contributed by atoms with E-state index in [1.54, 1.807) is 0 Å². The predicted molar refractivity (Wildman–Crippen MR) is 113 cm³/mol. The second kappa shape index (κ2) is 9.31. The molecule has 1 saturated carbocycles. The molecule has 1 fully saturated rings. The van der Waals surface area contributed by atoms with Crippen LogP contribution in [0.3, 0.4) is 0 Å². The SMILES string of the molecule is O=C(NCCNC(=O)C1CCCCC1)c1ccc(-c2ccc3c(c2)OCCO3)s1. The molecule has 0 bridgehead atoms. The average molecular weight is 415 g/mol. The van der Waals surface area contributed by atoms with Gasteiger partial charge in [0.05, 0.1) is 4.88 Å². The molecule has 0 spiro atoms. The Hall–Kier alpha value is -2.54. The highest BCUT2D eigenvalue weighted by Crippen LogP contribution is 2.36. The first-order chi connectivity index (χ1) is 14.2. The monoisotopic (exact) mass is 414 g/mol. The normalized spacial score (nSPS) is 16.3. The van der Waals surface area contributed by atoms with E-state index in [0.717, 1.165) is 47.6 Å². The van der Waals surface area contributed by atoms with E-state index in [1.807, 2.05) is 30.3 Å². The molecule has 1 aliphatic carbocycles. The lowest BCUT2D eigenvalue weighted by Gasteiger charge is -2.20. The van der Waals surface area contributed by atoms with Crippen LogP contribution in [0, 0.1) is 5.92 Å². The van der Waals surface area contributed by atoms with Gasteiger partial charge >= 0.3 is 0 Å². The number of ether oxygens (including phenoxy) is 2. The molecule has 2 N–H and O–H groups in total. The molecule has 2 aliphatic rings. The van der Waals surface area contributed by atoms with Gasteiger partial charge in [0.2, 0.25) is 5.91 Å². The first-order valence-electron chi connectivity index (χ1n) is 10.3. The summed E-state index contributed by atoms with van der Waals surface area (Å²) in [4.78, 5) is 26.2. The highest BCUT2D eigenvalue weighted by atomic mass is 32.1. The van der Waals surface area contributed by atoms with Gasteiger partial charge in [-0.25, -0.2) is 0 Å². The van der Waals surface area contributed by atoms with Crippen LogP contribution in [0.1, 0.15) is 41.8 Å². The number of hydrogen-bond donors (Lipinski definition) is 2. The van der Waals surface area contributed by atoms with Crippen molar-refractivity contribution in [2.45, 2.75) is 32.1 Å². The molecule has 1 aliphatic heterocycles. The topological polar surface area (TPSA) is 76.7 Å². The summed E-state index contributed by atoms with van der Waals surface area (Å²) in [6, 6.07) is 9.59. The fraction of sp³-hybridized carbons (Fsp3) is 0.455. The minimum atomic E-state index is -0.120. The predicted octanol–water partition coefficient (Wildman–Crippen LogP) is 3.61. The van der Waals surface area contributed by atoms with E-state index < -0.39 is 0 Å². The summed E-state index contributed by atoms with van der Waals surface area (Å²) < 4.78 is 11.2. The zero-order valence-corrected chi connectivity index (χ0v) is 17.2. The van der Waals surface area contributed by atoms with Gasteiger partial charge in [0.15, 0.2) is 11.5 Å². The Kier molecular flexibility index (Phi) is 6.34. The molecule has 6 nitrogen and oxygen atoms in total. The number of carbonyl (C=O) groups excluding carboxylic acids is 2. The molecular weight excluding hydrogens is 388 g/mol. The third kappa shape index (κ3) is 4.90. The molecule has 0 radical (unpaired) electrons. The number of hydrogen-bond acceptors (Lipinski definition) is 5. The van der Waals surface area contributed by atoms with Gasteiger partial charge in [-0.05, 0) is 48.7 Å². The molecule has 0 atom stereocenters. The van der Waals surface area contributed by atoms with Crippen molar-refractivity contribution in [3.8, 4) is 21.9 Å². The highest BCUT2D eigenvalue weighted by Gasteiger charge is 2.20. The molecular formula is C22H26N2O4S. The Morgan fingerprint density at radius 2 is 1.69 bits per heavy atom. The summed E-state index contributed by atoms with van der Waals surface area (Å²) in [5.41, 5.74) is 0.998. The van der Waals surface area contributed by atoms with Gasteiger partial charge in [0.1, 0.15) is 13.2 Å². The molecule has 2 amide bonds. The van der Waals surface area contributed by atoms with Crippen LogP contribution in [0.2, 0.25) is 0 Å². The first kappa shape index (κ1) is 19.8. The highest BCUT2D eigenvalue weighted by molar-refractivity contribution is 7.17. The van der Waals surface area contributed by atoms with Crippen LogP contribution in [-0.2, 0) is 4.79 Å². The molecule has 1 aromatic carbocycles. The van der Waals surface area contributed by atoms with Crippen LogP contribution in [0.15, 0.2) is 30.3 Å². The van der Waals surface area contributed by atoms with Crippen LogP contribution < -0.4 is 20.1 Å². The Morgan fingerprint density at radius 1 is 0.931 bits per heavy atom. The van der Waals surface area contributed by atoms with Crippen LogP contribution >= 0.6 is 11.3 Å². The Bertz CT molecular complexity index is 873. The van der Waals surface area contributed by atoms with E-state index in [1.165, 1.54) is 17.8 Å². The maximum absolute atomic E-state index is 12.4. The van der Waals surface area contributed by atoms with E-state index in [-0.39, 0.29) is 17.7 Å². The third-order valence-corrected chi connectivity index (χ3v) is 6.48. The zero-order chi connectivity index (χ0) is 20.1. The van der Waals surface area contributed by atoms with E-state index >= 15 is 0 Å². The van der Waals surface area contributed by atoms with Crippen LogP contribution in [0.25, 0.3) is 10.4 Å². The lowest BCUT2D eigenvalue weighted by atomic mass is 9.89. The Morgan fingerprint density at radius 3 is 2.52 bits per heavy atom. The largest absolute Gasteiger partial charge is 0.486 e. The molecule has 7 heteroatoms. The summed E-state index contributed by atoms with van der Waals surface area (Å²) in [5, 5.41) is 5.83. The zero-order valence-electron chi connectivity index (χ0n) is 16.4. The summed E-state index contributed by atoms with van der Waals surface area (Å²) >= 11 is 1.44. The van der Waals surface area contributed by atoms with Crippen LogP contribution in [-0.4, -0.2) is 38.1 Å². The number of carbonyl (C=O) groups is 2. The van der Waals surface area contributed by atoms with Gasteiger partial charge in [-0.15, -0.1) is 11.3 Å². The summed E-state index contributed by atoms with van der Waals surface area (Å²) in [7, 11) is 0. The van der Waals surface area contributed by atoms with Gasteiger partial charge in [-0.2, -0.15) is 0 Å². The molecule has 2 heterocycles. The maximum Gasteiger partial charge on any atom is 0.261 e. The van der Waals surface area contributed by atoms with Gasteiger partial charge in [-0.3, -0.25) is 9.59 Å². The molecule has 29 heavy (non-hydrogen) atoms. The average Bonchev–Trinajstić information content (AvgIpc) is 3.27. The van der Waals surface area contributed by atoms with Crippen LogP contribution in [0.4, 0.5) is 0 Å². The Labute approximate surface area is 174 Å². The number of nitrogens with one attached hydrogen (secondary N) is 2. The van der Waals surface area contributed by atoms with Crippen molar-refractivity contribution in [2.75, 3.05) is 26.3 Å². The van der Waals surface area contributed by atoms with Crippen molar-refractivity contribution in [1.82, 2.24) is 10.6 Å². The number of benzene rings is 1. The van der Waals surface area contributed by atoms with Crippen molar-refractivity contribution in [3.05, 3.63) is 35.2 Å². The molecule has 2 aromatic rings. The third-order valence-electron chi connectivity index (χ3n) is 5.34. The molecule has 0 unspecified atom stereocenters. The lowest BCUT2D eigenvalue weighted by Crippen LogP contribution is -2.38. The second-order valence-corrected chi connectivity index (χ2v) is 8.49. The molecule has 0 saturated heterocycles. The van der Waals surface area contributed by atoms with E-state index in [4.69, 9.17) is 9.47 Å². The minimum absolute atomic E-state index is 0.120. The number of rotatable bonds is 6. The number of amides is 2. The minimum Gasteiger partial charge on any atom is -0.486 e. The second-order valence-electron chi connectivity index (χ2n) is 7.40. The van der Waals surface area contributed by atoms with Gasteiger partial charge < -0.3 is 20.1 Å². The molecule has 1 aromatic heterocycles. The lowest BCUT2D eigenvalue weighted by molar-refractivity contribution is -0.125. The van der Waals surface area contributed by atoms with Crippen molar-refractivity contribution in [1.29, 1.82) is 0 Å². The van der Waals surface area contributed by atoms with E-state index in [9.17, 15) is 9.59 Å².